The molecule has 0 bridgehead atoms. The van der Waals surface area contributed by atoms with Crippen molar-refractivity contribution < 1.29 is 23.9 Å². The van der Waals surface area contributed by atoms with E-state index < -0.39 is 24.0 Å². The molecule has 0 unspecified atom stereocenters. The van der Waals surface area contributed by atoms with E-state index in [0.29, 0.717) is 31.5 Å². The normalized spacial score (nSPS) is 14.7. The summed E-state index contributed by atoms with van der Waals surface area (Å²) in [6.45, 7) is 2.89. The summed E-state index contributed by atoms with van der Waals surface area (Å²) < 4.78 is 10.5. The number of H-pyrrole nitrogens is 1. The van der Waals surface area contributed by atoms with Crippen molar-refractivity contribution in [3.63, 3.8) is 0 Å². The Hall–Kier alpha value is -4.40. The molecule has 9 nitrogen and oxygen atoms in total. The average Bonchev–Trinajstić information content (AvgIpc) is 3.50. The molecule has 0 fully saturated rings. The van der Waals surface area contributed by atoms with Gasteiger partial charge in [-0.25, -0.2) is 9.78 Å². The molecule has 38 heavy (non-hydrogen) atoms. The molecule has 4 rings (SSSR count). The number of carbonyl (C=O) groups excluding carboxylic acids is 3. The zero-order chi connectivity index (χ0) is 26.9. The van der Waals surface area contributed by atoms with Crippen molar-refractivity contribution >= 4 is 18.0 Å². The number of rotatable bonds is 9. The molecule has 1 aliphatic rings. The van der Waals surface area contributed by atoms with Gasteiger partial charge in [0.05, 0.1) is 31.2 Å². The Morgan fingerprint density at radius 2 is 1.87 bits per heavy atom. The van der Waals surface area contributed by atoms with Crippen molar-refractivity contribution in [3.05, 3.63) is 89.9 Å². The van der Waals surface area contributed by atoms with Crippen molar-refractivity contribution in [1.82, 2.24) is 20.2 Å². The molecule has 0 aliphatic carbocycles. The van der Waals surface area contributed by atoms with E-state index in [1.807, 2.05) is 48.5 Å². The van der Waals surface area contributed by atoms with E-state index in [9.17, 15) is 14.4 Å². The maximum atomic E-state index is 12.9. The second-order valence-corrected chi connectivity index (χ2v) is 9.25. The number of aromatic nitrogens is 2. The minimum absolute atomic E-state index is 0.200. The first-order valence-electron chi connectivity index (χ1n) is 12.6. The first kappa shape index (κ1) is 26.7. The highest BCUT2D eigenvalue weighted by atomic mass is 16.6. The van der Waals surface area contributed by atoms with E-state index in [4.69, 9.17) is 9.47 Å². The Labute approximate surface area is 221 Å². The number of benzene rings is 2. The standard InChI is InChI=1S/C29H32N4O5/c1-20(32-27(34)24-12-10-23(11-13-24)26-16-30-19-31-26)25(28(35)37-2)15-22-9-6-14-33(17-22)29(36)38-18-21-7-4-3-5-8-21/h3-5,7-13,16,19-20,25H,6,14-15,17-18H2,1-2H3,(H,30,31)(H,32,34)/t20-,25-/m1/s1. The number of esters is 1. The molecule has 2 heterocycles. The van der Waals surface area contributed by atoms with Gasteiger partial charge in [0.15, 0.2) is 0 Å². The van der Waals surface area contributed by atoms with Crippen molar-refractivity contribution in [2.45, 2.75) is 32.4 Å². The fourth-order valence-corrected chi connectivity index (χ4v) is 4.43. The summed E-state index contributed by atoms with van der Waals surface area (Å²) in [4.78, 5) is 46.9. The third-order valence-corrected chi connectivity index (χ3v) is 6.59. The molecule has 3 aromatic rings. The summed E-state index contributed by atoms with van der Waals surface area (Å²) >= 11 is 0. The van der Waals surface area contributed by atoms with Crippen LogP contribution in [0, 0.1) is 5.92 Å². The van der Waals surface area contributed by atoms with E-state index >= 15 is 0 Å². The first-order chi connectivity index (χ1) is 18.4. The van der Waals surface area contributed by atoms with Crippen molar-refractivity contribution in [2.75, 3.05) is 20.2 Å². The van der Waals surface area contributed by atoms with Gasteiger partial charge >= 0.3 is 12.1 Å². The number of ether oxygens (including phenoxy) is 2. The quantitative estimate of drug-likeness (QED) is 0.323. The predicted molar refractivity (Wildman–Crippen MR) is 142 cm³/mol. The third-order valence-electron chi connectivity index (χ3n) is 6.59. The van der Waals surface area contributed by atoms with Crippen LogP contribution in [0.5, 0.6) is 0 Å². The maximum absolute atomic E-state index is 12.9. The largest absolute Gasteiger partial charge is 0.469 e. The number of aromatic amines is 1. The maximum Gasteiger partial charge on any atom is 0.410 e. The monoisotopic (exact) mass is 516 g/mol. The molecule has 2 aromatic carbocycles. The molecule has 0 radical (unpaired) electrons. The molecular formula is C29H32N4O5. The van der Waals surface area contributed by atoms with Crippen molar-refractivity contribution in [1.29, 1.82) is 0 Å². The summed E-state index contributed by atoms with van der Waals surface area (Å²) in [5.41, 5.74) is 4.09. The molecule has 9 heteroatoms. The van der Waals surface area contributed by atoms with Gasteiger partial charge in [0.2, 0.25) is 0 Å². The van der Waals surface area contributed by atoms with Gasteiger partial charge in [0.1, 0.15) is 6.61 Å². The molecule has 198 valence electrons. The van der Waals surface area contributed by atoms with E-state index in [-0.39, 0.29) is 12.5 Å². The van der Waals surface area contributed by atoms with E-state index in [1.54, 1.807) is 36.5 Å². The fraction of sp³-hybridized carbons (Fsp3) is 0.310. The molecular weight excluding hydrogens is 484 g/mol. The van der Waals surface area contributed by atoms with Gasteiger partial charge < -0.3 is 24.7 Å². The van der Waals surface area contributed by atoms with Crippen LogP contribution < -0.4 is 5.32 Å². The first-order valence-corrected chi connectivity index (χ1v) is 12.6. The van der Waals surface area contributed by atoms with Crippen LogP contribution in [0.25, 0.3) is 11.3 Å². The number of imidazole rings is 1. The van der Waals surface area contributed by atoms with Crippen molar-refractivity contribution in [3.8, 4) is 11.3 Å². The summed E-state index contributed by atoms with van der Waals surface area (Å²) in [6.07, 6.45) is 5.97. The minimum Gasteiger partial charge on any atom is -0.469 e. The van der Waals surface area contributed by atoms with Crippen molar-refractivity contribution in [2.24, 2.45) is 5.92 Å². The number of hydrogen-bond donors (Lipinski definition) is 2. The highest BCUT2D eigenvalue weighted by Crippen LogP contribution is 2.23. The van der Waals surface area contributed by atoms with Crippen LogP contribution in [-0.2, 0) is 20.9 Å². The Morgan fingerprint density at radius 3 is 2.55 bits per heavy atom. The number of carbonyl (C=O) groups is 3. The summed E-state index contributed by atoms with van der Waals surface area (Å²) in [6, 6.07) is 16.1. The van der Waals surface area contributed by atoms with Crippen LogP contribution in [0.2, 0.25) is 0 Å². The Kier molecular flexibility index (Phi) is 8.92. The van der Waals surface area contributed by atoms with E-state index in [0.717, 1.165) is 22.4 Å². The van der Waals surface area contributed by atoms with Gasteiger partial charge in [-0.3, -0.25) is 9.59 Å². The third kappa shape index (κ3) is 6.88. The molecule has 2 amide bonds. The summed E-state index contributed by atoms with van der Waals surface area (Å²) in [5.74, 6) is -1.32. The molecule has 1 aliphatic heterocycles. The van der Waals surface area contributed by atoms with Crippen LogP contribution in [0.1, 0.15) is 35.7 Å². The van der Waals surface area contributed by atoms with Gasteiger partial charge in [-0.2, -0.15) is 0 Å². The molecule has 2 N–H and O–H groups in total. The smallest absolute Gasteiger partial charge is 0.410 e. The number of amides is 2. The Balaban J connectivity index is 1.35. The van der Waals surface area contributed by atoms with Gasteiger partial charge in [-0.15, -0.1) is 0 Å². The fourth-order valence-electron chi connectivity index (χ4n) is 4.43. The lowest BCUT2D eigenvalue weighted by atomic mass is 9.91. The summed E-state index contributed by atoms with van der Waals surface area (Å²) in [5, 5.41) is 2.94. The molecule has 2 atom stereocenters. The average molecular weight is 517 g/mol. The van der Waals surface area contributed by atoms with Crippen LogP contribution in [0.3, 0.4) is 0 Å². The van der Waals surface area contributed by atoms with Gasteiger partial charge in [0.25, 0.3) is 5.91 Å². The lowest BCUT2D eigenvalue weighted by molar-refractivity contribution is -0.146. The predicted octanol–water partition coefficient (Wildman–Crippen LogP) is 4.34. The molecule has 1 aromatic heterocycles. The van der Waals surface area contributed by atoms with E-state index in [1.165, 1.54) is 7.11 Å². The lowest BCUT2D eigenvalue weighted by Gasteiger charge is -2.30. The number of methoxy groups -OCH3 is 1. The Morgan fingerprint density at radius 1 is 1.11 bits per heavy atom. The van der Waals surface area contributed by atoms with Gasteiger partial charge in [0, 0.05) is 24.7 Å². The van der Waals surface area contributed by atoms with Crippen LogP contribution >= 0.6 is 0 Å². The second-order valence-electron chi connectivity index (χ2n) is 9.25. The highest BCUT2D eigenvalue weighted by molar-refractivity contribution is 5.95. The Bertz CT molecular complexity index is 1260. The zero-order valence-corrected chi connectivity index (χ0v) is 21.6. The summed E-state index contributed by atoms with van der Waals surface area (Å²) in [7, 11) is 1.33. The number of hydrogen-bond acceptors (Lipinski definition) is 6. The lowest BCUT2D eigenvalue weighted by Crippen LogP contribution is -2.43. The molecule has 0 spiro atoms. The van der Waals surface area contributed by atoms with Gasteiger partial charge in [-0.1, -0.05) is 54.1 Å². The number of nitrogens with zero attached hydrogens (tertiary/aromatic N) is 2. The van der Waals surface area contributed by atoms with E-state index in [2.05, 4.69) is 15.3 Å². The molecule has 0 saturated heterocycles. The van der Waals surface area contributed by atoms with Crippen LogP contribution in [-0.4, -0.2) is 59.1 Å². The second kappa shape index (κ2) is 12.7. The molecule has 0 saturated carbocycles. The SMILES string of the molecule is COC(=O)[C@H](CC1=CCCN(C(=O)OCc2ccccc2)C1)[C@@H](C)NC(=O)c1ccc(-c2cnc[nH]2)cc1. The minimum atomic E-state index is -0.611. The number of nitrogens with one attached hydrogen (secondary N) is 2. The highest BCUT2D eigenvalue weighted by Gasteiger charge is 2.30. The van der Waals surface area contributed by atoms with Crippen LogP contribution in [0.4, 0.5) is 4.79 Å². The van der Waals surface area contributed by atoms with Crippen LogP contribution in [0.15, 0.2) is 78.8 Å². The van der Waals surface area contributed by atoms with Gasteiger partial charge in [-0.05, 0) is 43.0 Å². The topological polar surface area (TPSA) is 114 Å². The zero-order valence-electron chi connectivity index (χ0n) is 21.6.